The van der Waals surface area contributed by atoms with Crippen LogP contribution in [0.5, 0.6) is 0 Å². The van der Waals surface area contributed by atoms with Gasteiger partial charge in [0.05, 0.1) is 17.5 Å². The second-order valence-corrected chi connectivity index (χ2v) is 9.26. The molecule has 138 valence electrons. The molecule has 1 aromatic carbocycles. The molecule has 2 bridgehead atoms. The summed E-state index contributed by atoms with van der Waals surface area (Å²) >= 11 is 1.44. The number of hydrogen-bond donors (Lipinski definition) is 0. The minimum atomic E-state index is -0.175. The molecule has 2 saturated carbocycles. The number of aromatic nitrogens is 1. The van der Waals surface area contributed by atoms with Crippen LogP contribution in [0.15, 0.2) is 41.5 Å². The number of fused-ring (bicyclic) bond motifs is 5. The number of nitrogens with zero attached hydrogens (tertiary/aromatic N) is 2. The molecule has 5 rings (SSSR count). The lowest BCUT2D eigenvalue weighted by atomic mass is 9.81. The number of amides is 2. The van der Waals surface area contributed by atoms with E-state index in [9.17, 15) is 9.59 Å². The lowest BCUT2D eigenvalue weighted by molar-refractivity contribution is -0.123. The normalized spacial score (nSPS) is 29.0. The zero-order valence-corrected chi connectivity index (χ0v) is 16.5. The van der Waals surface area contributed by atoms with Crippen molar-refractivity contribution in [2.75, 3.05) is 4.90 Å². The molecule has 1 saturated heterocycles. The number of carbonyl (C=O) groups excluding carboxylic acids is 2. The number of carbonyl (C=O) groups is 2. The predicted octanol–water partition coefficient (Wildman–Crippen LogP) is 4.60. The van der Waals surface area contributed by atoms with E-state index in [2.05, 4.69) is 13.8 Å². The van der Waals surface area contributed by atoms with Gasteiger partial charge in [0, 0.05) is 10.4 Å². The van der Waals surface area contributed by atoms with Gasteiger partial charge < -0.3 is 0 Å². The van der Waals surface area contributed by atoms with E-state index in [4.69, 9.17) is 4.98 Å². The number of thiazole rings is 1. The molecule has 2 aliphatic carbocycles. The SMILES string of the molecule is CC(C)=C1[C@H]2CC[C@H]1[C@H]1C(=O)N(c3nc(-c4ccccc4)c(C)s3)C(=O)[C@H]12. The van der Waals surface area contributed by atoms with Crippen molar-refractivity contribution in [1.29, 1.82) is 0 Å². The smallest absolute Gasteiger partial charge is 0.240 e. The third kappa shape index (κ3) is 2.24. The predicted molar refractivity (Wildman–Crippen MR) is 106 cm³/mol. The summed E-state index contributed by atoms with van der Waals surface area (Å²) in [6.07, 6.45) is 2.07. The quantitative estimate of drug-likeness (QED) is 0.567. The van der Waals surface area contributed by atoms with Gasteiger partial charge in [-0.05, 0) is 45.4 Å². The minimum Gasteiger partial charge on any atom is -0.274 e. The van der Waals surface area contributed by atoms with E-state index in [0.29, 0.717) is 5.13 Å². The van der Waals surface area contributed by atoms with Crippen LogP contribution in [0.2, 0.25) is 0 Å². The van der Waals surface area contributed by atoms with Crippen molar-refractivity contribution < 1.29 is 9.59 Å². The van der Waals surface area contributed by atoms with Crippen molar-refractivity contribution in [2.45, 2.75) is 33.6 Å². The molecule has 4 nitrogen and oxygen atoms in total. The zero-order chi connectivity index (χ0) is 18.9. The van der Waals surface area contributed by atoms with Gasteiger partial charge in [-0.3, -0.25) is 9.59 Å². The van der Waals surface area contributed by atoms with Crippen LogP contribution in [-0.2, 0) is 9.59 Å². The Morgan fingerprint density at radius 3 is 2.19 bits per heavy atom. The van der Waals surface area contributed by atoms with Crippen LogP contribution in [-0.4, -0.2) is 16.8 Å². The second-order valence-electron chi connectivity index (χ2n) is 8.08. The number of hydrogen-bond acceptors (Lipinski definition) is 4. The average Bonchev–Trinajstić information content (AvgIpc) is 3.37. The molecule has 2 aromatic rings. The van der Waals surface area contributed by atoms with Crippen LogP contribution in [0.3, 0.4) is 0 Å². The Morgan fingerprint density at radius 1 is 1.04 bits per heavy atom. The molecule has 3 aliphatic rings. The van der Waals surface area contributed by atoms with Crippen LogP contribution in [0.4, 0.5) is 5.13 Å². The first-order valence-electron chi connectivity index (χ1n) is 9.57. The molecule has 0 N–H and O–H groups in total. The maximum atomic E-state index is 13.3. The van der Waals surface area contributed by atoms with Crippen molar-refractivity contribution >= 4 is 28.3 Å². The average molecular weight is 378 g/mol. The van der Waals surface area contributed by atoms with Gasteiger partial charge in [0.15, 0.2) is 5.13 Å². The summed E-state index contributed by atoms with van der Waals surface area (Å²) in [6.45, 7) is 6.23. The number of aryl methyl sites for hydroxylation is 1. The molecule has 2 amide bonds. The maximum absolute atomic E-state index is 13.3. The number of benzene rings is 1. The fourth-order valence-electron chi connectivity index (χ4n) is 5.52. The number of rotatable bonds is 2. The number of imide groups is 1. The Kier molecular flexibility index (Phi) is 3.66. The lowest BCUT2D eigenvalue weighted by Gasteiger charge is -2.18. The molecule has 0 spiro atoms. The van der Waals surface area contributed by atoms with E-state index >= 15 is 0 Å². The van der Waals surface area contributed by atoms with Crippen LogP contribution in [0.25, 0.3) is 11.3 Å². The topological polar surface area (TPSA) is 50.3 Å². The second kappa shape index (κ2) is 5.86. The van der Waals surface area contributed by atoms with Crippen LogP contribution in [0.1, 0.15) is 31.6 Å². The first-order chi connectivity index (χ1) is 13.0. The molecule has 1 aromatic heterocycles. The van der Waals surface area contributed by atoms with E-state index in [1.165, 1.54) is 27.4 Å². The van der Waals surface area contributed by atoms with Crippen molar-refractivity contribution in [3.63, 3.8) is 0 Å². The van der Waals surface area contributed by atoms with Gasteiger partial charge in [-0.2, -0.15) is 0 Å². The highest BCUT2D eigenvalue weighted by atomic mass is 32.1. The summed E-state index contributed by atoms with van der Waals surface area (Å²) in [4.78, 5) is 33.7. The largest absolute Gasteiger partial charge is 0.274 e. The molecule has 0 radical (unpaired) electrons. The molecule has 27 heavy (non-hydrogen) atoms. The van der Waals surface area contributed by atoms with Gasteiger partial charge in [0.2, 0.25) is 11.8 Å². The van der Waals surface area contributed by atoms with E-state index in [1.807, 2.05) is 37.3 Å². The Morgan fingerprint density at radius 2 is 1.63 bits per heavy atom. The van der Waals surface area contributed by atoms with Gasteiger partial charge in [0.1, 0.15) is 0 Å². The van der Waals surface area contributed by atoms with Gasteiger partial charge in [-0.1, -0.05) is 41.5 Å². The monoisotopic (exact) mass is 378 g/mol. The highest BCUT2D eigenvalue weighted by Gasteiger charge is 2.64. The molecule has 4 atom stereocenters. The van der Waals surface area contributed by atoms with Gasteiger partial charge in [-0.15, -0.1) is 11.3 Å². The molecular weight excluding hydrogens is 356 g/mol. The van der Waals surface area contributed by atoms with Crippen LogP contribution >= 0.6 is 11.3 Å². The van der Waals surface area contributed by atoms with Crippen molar-refractivity contribution in [1.82, 2.24) is 4.98 Å². The van der Waals surface area contributed by atoms with E-state index in [1.54, 1.807) is 0 Å². The van der Waals surface area contributed by atoms with Crippen molar-refractivity contribution in [2.24, 2.45) is 23.7 Å². The van der Waals surface area contributed by atoms with E-state index < -0.39 is 0 Å². The van der Waals surface area contributed by atoms with Crippen LogP contribution in [0, 0.1) is 30.6 Å². The molecule has 0 unspecified atom stereocenters. The Labute approximate surface area is 162 Å². The Balaban J connectivity index is 1.53. The standard InChI is InChI=1S/C22H22N2O2S/c1-11(2)16-14-9-10-15(16)18-17(14)20(25)24(21(18)26)22-23-19(12(3)27-22)13-7-5-4-6-8-13/h4-8,14-15,17-18H,9-10H2,1-3H3/t14-,15-,17-,18+/m1/s1. The van der Waals surface area contributed by atoms with Gasteiger partial charge in [0.25, 0.3) is 0 Å². The summed E-state index contributed by atoms with van der Waals surface area (Å²) in [5.74, 6) is 0.0758. The van der Waals surface area contributed by atoms with E-state index in [-0.39, 0.29) is 35.5 Å². The third-order valence-corrected chi connectivity index (χ3v) is 7.41. The summed E-state index contributed by atoms with van der Waals surface area (Å²) in [5.41, 5.74) is 4.55. The summed E-state index contributed by atoms with van der Waals surface area (Å²) < 4.78 is 0. The molecule has 3 fully saturated rings. The highest BCUT2D eigenvalue weighted by molar-refractivity contribution is 7.16. The first kappa shape index (κ1) is 16.9. The fourth-order valence-corrected chi connectivity index (χ4v) is 6.46. The lowest BCUT2D eigenvalue weighted by Crippen LogP contribution is -2.33. The number of anilines is 1. The highest BCUT2D eigenvalue weighted by Crippen LogP contribution is 2.60. The van der Waals surface area contributed by atoms with Crippen molar-refractivity contribution in [3.8, 4) is 11.3 Å². The summed E-state index contributed by atoms with van der Waals surface area (Å²) in [6, 6.07) is 9.94. The zero-order valence-electron chi connectivity index (χ0n) is 15.7. The summed E-state index contributed by atoms with van der Waals surface area (Å²) in [5, 5.41) is 0.536. The fraction of sp³-hybridized carbons (Fsp3) is 0.409. The molecule has 5 heteroatoms. The molecule has 1 aliphatic heterocycles. The van der Waals surface area contributed by atoms with Crippen molar-refractivity contribution in [3.05, 3.63) is 46.4 Å². The Bertz CT molecular complexity index is 955. The Hall–Kier alpha value is -2.27. The van der Waals surface area contributed by atoms with E-state index in [0.717, 1.165) is 29.0 Å². The first-order valence-corrected chi connectivity index (χ1v) is 10.4. The van der Waals surface area contributed by atoms with Gasteiger partial charge >= 0.3 is 0 Å². The van der Waals surface area contributed by atoms with Crippen LogP contribution < -0.4 is 4.90 Å². The minimum absolute atomic E-state index is 0.0377. The summed E-state index contributed by atoms with van der Waals surface area (Å²) in [7, 11) is 0. The molecular formula is C22H22N2O2S. The number of allylic oxidation sites excluding steroid dienone is 2. The molecule has 2 heterocycles. The third-order valence-electron chi connectivity index (χ3n) is 6.45. The maximum Gasteiger partial charge on any atom is 0.240 e. The van der Waals surface area contributed by atoms with Gasteiger partial charge in [-0.25, -0.2) is 9.88 Å².